The van der Waals surface area contributed by atoms with Crippen molar-refractivity contribution >= 4 is 26.1 Å². The Morgan fingerprint density at radius 2 is 1.74 bits per heavy atom. The molecule has 1 aliphatic carbocycles. The third-order valence-corrected chi connectivity index (χ3v) is 10.2. The van der Waals surface area contributed by atoms with Crippen LogP contribution in [0.2, 0.25) is 25.7 Å². The number of anilines is 1. The van der Waals surface area contributed by atoms with Gasteiger partial charge in [-0.3, -0.25) is 4.68 Å². The third kappa shape index (κ3) is 6.15. The fourth-order valence-corrected chi connectivity index (χ4v) is 6.73. The third-order valence-electron chi connectivity index (χ3n) is 8.45. The number of amides is 2. The Kier molecular flexibility index (Phi) is 7.62. The lowest BCUT2D eigenvalue weighted by Crippen LogP contribution is -2.64. The van der Waals surface area contributed by atoms with Crippen molar-refractivity contribution in [2.45, 2.75) is 104 Å². The first-order valence-electron chi connectivity index (χ1n) is 14.3. The molecule has 0 radical (unpaired) electrons. The molecule has 0 unspecified atom stereocenters. The van der Waals surface area contributed by atoms with Crippen LogP contribution >= 0.6 is 0 Å². The van der Waals surface area contributed by atoms with Crippen LogP contribution in [0.25, 0.3) is 0 Å². The van der Waals surface area contributed by atoms with E-state index >= 15 is 0 Å². The van der Waals surface area contributed by atoms with Crippen molar-refractivity contribution in [3.63, 3.8) is 0 Å². The highest BCUT2D eigenvalue weighted by atomic mass is 28.3. The second-order valence-corrected chi connectivity index (χ2v) is 20.0. The summed E-state index contributed by atoms with van der Waals surface area (Å²) in [6, 6.07) is 3.54. The molecule has 1 aromatic rings. The Labute approximate surface area is 229 Å². The molecule has 2 aliphatic heterocycles. The number of piperazine rings is 1. The summed E-state index contributed by atoms with van der Waals surface area (Å²) in [6.07, 6.45) is 2.59. The van der Waals surface area contributed by atoms with E-state index in [0.29, 0.717) is 25.7 Å². The molecule has 3 fully saturated rings. The second-order valence-electron chi connectivity index (χ2n) is 14.3. The normalized spacial score (nSPS) is 23.8. The van der Waals surface area contributed by atoms with E-state index in [1.165, 1.54) is 0 Å². The van der Waals surface area contributed by atoms with Crippen LogP contribution in [0.4, 0.5) is 15.4 Å². The van der Waals surface area contributed by atoms with Crippen molar-refractivity contribution in [3.05, 3.63) is 11.8 Å². The number of aryl methyl sites for hydroxylation is 1. The average Bonchev–Trinajstić information content (AvgIpc) is 3.10. The van der Waals surface area contributed by atoms with Crippen LogP contribution in [0.1, 0.15) is 65.6 Å². The fraction of sp³-hybridized carbons (Fsp3) is 0.821. The molecule has 9 nitrogen and oxygen atoms in total. The smallest absolute Gasteiger partial charge is 0.410 e. The molecule has 0 bridgehead atoms. The van der Waals surface area contributed by atoms with E-state index in [-0.39, 0.29) is 23.1 Å². The van der Waals surface area contributed by atoms with Gasteiger partial charge in [-0.1, -0.05) is 26.6 Å². The van der Waals surface area contributed by atoms with Crippen LogP contribution < -0.4 is 4.90 Å². The van der Waals surface area contributed by atoms with Gasteiger partial charge in [-0.15, -0.1) is 0 Å². The van der Waals surface area contributed by atoms with Gasteiger partial charge in [0.1, 0.15) is 5.60 Å². The molecule has 2 amide bonds. The number of carbonyl (C=O) groups is 2. The molecule has 4 rings (SSSR count). The number of carbonyl (C=O) groups excluding carboxylic acids is 2. The van der Waals surface area contributed by atoms with E-state index in [9.17, 15) is 9.59 Å². The first-order valence-corrected chi connectivity index (χ1v) is 18.0. The zero-order valence-electron chi connectivity index (χ0n) is 25.1. The molecule has 1 aromatic heterocycles. The first kappa shape index (κ1) is 28.8. The lowest BCUT2D eigenvalue weighted by molar-refractivity contribution is -0.0930. The van der Waals surface area contributed by atoms with E-state index in [0.717, 1.165) is 56.5 Å². The number of ether oxygens (including phenoxy) is 2. The summed E-state index contributed by atoms with van der Waals surface area (Å²) in [5.41, 5.74) is 0.704. The Hall–Kier alpha value is -2.23. The topological polar surface area (TPSA) is 80.1 Å². The van der Waals surface area contributed by atoms with E-state index in [1.807, 2.05) is 30.6 Å². The maximum absolute atomic E-state index is 12.8. The van der Waals surface area contributed by atoms with Crippen LogP contribution in [0, 0.1) is 12.3 Å². The largest absolute Gasteiger partial charge is 0.450 e. The van der Waals surface area contributed by atoms with Crippen LogP contribution in [-0.4, -0.2) is 90.3 Å². The molecule has 38 heavy (non-hydrogen) atoms. The van der Waals surface area contributed by atoms with Gasteiger partial charge in [-0.05, 0) is 59.9 Å². The van der Waals surface area contributed by atoms with Gasteiger partial charge >= 0.3 is 12.2 Å². The van der Waals surface area contributed by atoms with Crippen LogP contribution in [-0.2, 0) is 9.47 Å². The van der Waals surface area contributed by atoms with Gasteiger partial charge in [0.25, 0.3) is 0 Å². The number of hydrogen-bond donors (Lipinski definition) is 0. The standard InChI is InChI=1S/C28H49N5O4Si/c1-10-27(6)18-30(24(34)36-13-14-38(7,8)9)11-12-32(27)23-15-21(2)33(29-23)22-16-28(17-22)19-31(20-28)25(35)37-26(3,4)5/h15,22H,10-14,16-20H2,1-9H3/t27-/m0/s1. The number of rotatable bonds is 6. The zero-order valence-corrected chi connectivity index (χ0v) is 26.1. The molecule has 1 saturated carbocycles. The maximum Gasteiger partial charge on any atom is 0.410 e. The van der Waals surface area contributed by atoms with E-state index in [1.54, 1.807) is 0 Å². The minimum absolute atomic E-state index is 0.190. The molecule has 0 aromatic carbocycles. The minimum atomic E-state index is -1.24. The molecule has 2 saturated heterocycles. The number of likely N-dealkylation sites (tertiary alicyclic amines) is 1. The highest BCUT2D eigenvalue weighted by Crippen LogP contribution is 2.54. The molecule has 3 aliphatic rings. The quantitative estimate of drug-likeness (QED) is 0.436. The minimum Gasteiger partial charge on any atom is -0.450 e. The van der Waals surface area contributed by atoms with E-state index in [2.05, 4.69) is 56.1 Å². The van der Waals surface area contributed by atoms with Crippen LogP contribution in [0.3, 0.4) is 0 Å². The summed E-state index contributed by atoms with van der Waals surface area (Å²) in [5, 5.41) is 5.08. The Morgan fingerprint density at radius 3 is 2.32 bits per heavy atom. The highest BCUT2D eigenvalue weighted by Gasteiger charge is 2.55. The lowest BCUT2D eigenvalue weighted by Gasteiger charge is -2.58. The first-order chi connectivity index (χ1) is 17.5. The van der Waals surface area contributed by atoms with Gasteiger partial charge in [-0.25, -0.2) is 9.59 Å². The van der Waals surface area contributed by atoms with E-state index < -0.39 is 13.7 Å². The Morgan fingerprint density at radius 1 is 1.08 bits per heavy atom. The van der Waals surface area contributed by atoms with Crippen molar-refractivity contribution in [2.24, 2.45) is 5.41 Å². The second kappa shape index (κ2) is 10.1. The molecular weight excluding hydrogens is 498 g/mol. The van der Waals surface area contributed by atoms with Gasteiger partial charge in [-0.2, -0.15) is 5.10 Å². The number of hydrogen-bond acceptors (Lipinski definition) is 6. The summed E-state index contributed by atoms with van der Waals surface area (Å²) in [5.74, 6) is 0.989. The molecule has 1 atom stereocenters. The maximum atomic E-state index is 12.8. The molecule has 10 heteroatoms. The molecular formula is C28H49N5O4Si. The molecule has 0 N–H and O–H groups in total. The predicted octanol–water partition coefficient (Wildman–Crippen LogP) is 5.53. The highest BCUT2D eigenvalue weighted by molar-refractivity contribution is 6.76. The molecule has 214 valence electrons. The molecule has 1 spiro atoms. The SMILES string of the molecule is CC[C@@]1(C)CN(C(=O)OCC[Si](C)(C)C)CCN1c1cc(C)n(C2CC3(C2)CN(C(=O)OC(C)(C)C)C3)n1. The van der Waals surface area contributed by atoms with Crippen molar-refractivity contribution in [1.29, 1.82) is 0 Å². The fourth-order valence-electron chi connectivity index (χ4n) is 6.01. The van der Waals surface area contributed by atoms with Crippen molar-refractivity contribution in [3.8, 4) is 0 Å². The van der Waals surface area contributed by atoms with Gasteiger partial charge < -0.3 is 24.2 Å². The summed E-state index contributed by atoms with van der Waals surface area (Å²) in [4.78, 5) is 31.2. The van der Waals surface area contributed by atoms with Crippen molar-refractivity contribution in [2.75, 3.05) is 44.2 Å². The van der Waals surface area contributed by atoms with Gasteiger partial charge in [0.05, 0.1) is 18.2 Å². The van der Waals surface area contributed by atoms with Crippen LogP contribution in [0.5, 0.6) is 0 Å². The van der Waals surface area contributed by atoms with Gasteiger partial charge in [0, 0.05) is 58.0 Å². The van der Waals surface area contributed by atoms with E-state index in [4.69, 9.17) is 14.6 Å². The number of aromatic nitrogens is 2. The monoisotopic (exact) mass is 547 g/mol. The van der Waals surface area contributed by atoms with Crippen molar-refractivity contribution in [1.82, 2.24) is 19.6 Å². The lowest BCUT2D eigenvalue weighted by atomic mass is 9.61. The predicted molar refractivity (Wildman–Crippen MR) is 153 cm³/mol. The summed E-state index contributed by atoms with van der Waals surface area (Å²) >= 11 is 0. The summed E-state index contributed by atoms with van der Waals surface area (Å²) < 4.78 is 13.4. The Bertz CT molecular complexity index is 1030. The van der Waals surface area contributed by atoms with Crippen LogP contribution in [0.15, 0.2) is 6.07 Å². The molecule has 3 heterocycles. The van der Waals surface area contributed by atoms with Gasteiger partial charge in [0.2, 0.25) is 0 Å². The summed E-state index contributed by atoms with van der Waals surface area (Å²) in [7, 11) is -1.24. The van der Waals surface area contributed by atoms with Crippen molar-refractivity contribution < 1.29 is 19.1 Å². The zero-order chi connectivity index (χ0) is 28.1. The number of nitrogens with zero attached hydrogens (tertiary/aromatic N) is 5. The average molecular weight is 548 g/mol. The van der Waals surface area contributed by atoms with Gasteiger partial charge in [0.15, 0.2) is 5.82 Å². The Balaban J connectivity index is 1.33. The summed E-state index contributed by atoms with van der Waals surface area (Å²) in [6.45, 7) is 23.2.